The summed E-state index contributed by atoms with van der Waals surface area (Å²) in [4.78, 5) is 9.05. The van der Waals surface area contributed by atoms with Gasteiger partial charge in [-0.15, -0.1) is 11.8 Å². The maximum Gasteiger partial charge on any atom is 0.150 e. The van der Waals surface area contributed by atoms with Crippen molar-refractivity contribution in [2.45, 2.75) is 36.1 Å². The fourth-order valence-corrected chi connectivity index (χ4v) is 3.94. The van der Waals surface area contributed by atoms with E-state index < -0.39 is 18.2 Å². The molecule has 138 valence electrons. The van der Waals surface area contributed by atoms with Gasteiger partial charge in [0.15, 0.2) is 5.82 Å². The monoisotopic (exact) mass is 373 g/mol. The van der Waals surface area contributed by atoms with Crippen LogP contribution in [0, 0.1) is 6.92 Å². The van der Waals surface area contributed by atoms with Crippen molar-refractivity contribution in [1.29, 1.82) is 0 Å². The first kappa shape index (κ1) is 18.7. The molecule has 7 N–H and O–H groups in total. The maximum atomic E-state index is 10.5. The SMILES string of the molecule is C=C(c1ncnc(N)c1N)C1NC(CSc2ccc(C)cc2)C(O)C1O. The van der Waals surface area contributed by atoms with Crippen molar-refractivity contribution in [2.75, 3.05) is 17.2 Å². The molecule has 2 aromatic rings. The number of benzene rings is 1. The smallest absolute Gasteiger partial charge is 0.150 e. The Labute approximate surface area is 156 Å². The Morgan fingerprint density at radius 2 is 1.88 bits per heavy atom. The molecule has 8 heteroatoms. The molecule has 7 nitrogen and oxygen atoms in total. The minimum Gasteiger partial charge on any atom is -0.394 e. The van der Waals surface area contributed by atoms with Crippen molar-refractivity contribution in [3.05, 3.63) is 48.4 Å². The number of aryl methyl sites for hydroxylation is 1. The summed E-state index contributed by atoms with van der Waals surface area (Å²) in [5.74, 6) is 0.766. The van der Waals surface area contributed by atoms with Crippen LogP contribution < -0.4 is 16.8 Å². The van der Waals surface area contributed by atoms with Gasteiger partial charge in [-0.1, -0.05) is 24.3 Å². The van der Waals surface area contributed by atoms with E-state index in [1.54, 1.807) is 11.8 Å². The number of rotatable bonds is 5. The minimum absolute atomic E-state index is 0.163. The van der Waals surface area contributed by atoms with Crippen molar-refractivity contribution < 1.29 is 10.2 Å². The molecule has 26 heavy (non-hydrogen) atoms. The second-order valence-electron chi connectivity index (χ2n) is 6.40. The lowest BCUT2D eigenvalue weighted by Crippen LogP contribution is -2.35. The summed E-state index contributed by atoms with van der Waals surface area (Å²) in [5, 5.41) is 24.1. The lowest BCUT2D eigenvalue weighted by atomic mass is 9.99. The second kappa shape index (κ2) is 7.63. The summed E-state index contributed by atoms with van der Waals surface area (Å²) in [5.41, 5.74) is 13.9. The first-order valence-electron chi connectivity index (χ1n) is 8.25. The number of aliphatic hydroxyl groups is 2. The molecule has 0 bridgehead atoms. The van der Waals surface area contributed by atoms with E-state index in [9.17, 15) is 10.2 Å². The van der Waals surface area contributed by atoms with E-state index in [4.69, 9.17) is 11.5 Å². The van der Waals surface area contributed by atoms with Crippen LogP contribution in [0.2, 0.25) is 0 Å². The highest BCUT2D eigenvalue weighted by atomic mass is 32.2. The normalized spacial score (nSPS) is 25.3. The number of aromatic nitrogens is 2. The van der Waals surface area contributed by atoms with Crippen LogP contribution in [0.3, 0.4) is 0 Å². The summed E-state index contributed by atoms with van der Waals surface area (Å²) >= 11 is 1.61. The zero-order chi connectivity index (χ0) is 18.8. The molecule has 4 atom stereocenters. The number of hydrogen-bond donors (Lipinski definition) is 5. The zero-order valence-electron chi connectivity index (χ0n) is 14.5. The van der Waals surface area contributed by atoms with E-state index in [2.05, 4.69) is 21.9 Å². The van der Waals surface area contributed by atoms with Gasteiger partial charge in [-0.25, -0.2) is 9.97 Å². The molecule has 0 amide bonds. The molecule has 2 heterocycles. The minimum atomic E-state index is -1.01. The van der Waals surface area contributed by atoms with Gasteiger partial charge in [0.2, 0.25) is 0 Å². The number of nitrogen functional groups attached to an aromatic ring is 2. The van der Waals surface area contributed by atoms with E-state index in [1.807, 2.05) is 31.2 Å². The van der Waals surface area contributed by atoms with Gasteiger partial charge < -0.3 is 27.0 Å². The van der Waals surface area contributed by atoms with Gasteiger partial charge >= 0.3 is 0 Å². The van der Waals surface area contributed by atoms with Crippen molar-refractivity contribution in [2.24, 2.45) is 0 Å². The van der Waals surface area contributed by atoms with Crippen molar-refractivity contribution in [1.82, 2.24) is 15.3 Å². The van der Waals surface area contributed by atoms with Crippen LogP contribution in [-0.4, -0.2) is 50.2 Å². The number of hydrogen-bond acceptors (Lipinski definition) is 8. The Kier molecular flexibility index (Phi) is 5.47. The molecule has 4 unspecified atom stereocenters. The zero-order valence-corrected chi connectivity index (χ0v) is 15.3. The predicted octanol–water partition coefficient (Wildman–Crippen LogP) is 0.817. The van der Waals surface area contributed by atoms with Crippen LogP contribution in [0.1, 0.15) is 11.3 Å². The average Bonchev–Trinajstić information content (AvgIpc) is 2.91. The molecule has 1 fully saturated rings. The van der Waals surface area contributed by atoms with E-state index in [0.717, 1.165) is 4.90 Å². The van der Waals surface area contributed by atoms with Crippen molar-refractivity contribution in [3.63, 3.8) is 0 Å². The number of nitrogens with one attached hydrogen (secondary N) is 1. The van der Waals surface area contributed by atoms with Gasteiger partial charge in [-0.3, -0.25) is 0 Å². The number of aliphatic hydroxyl groups excluding tert-OH is 2. The van der Waals surface area contributed by atoms with Crippen molar-refractivity contribution >= 4 is 28.8 Å². The quantitative estimate of drug-likeness (QED) is 0.487. The lowest BCUT2D eigenvalue weighted by Gasteiger charge is -2.19. The second-order valence-corrected chi connectivity index (χ2v) is 7.50. The molecule has 1 aliphatic rings. The number of nitrogens with two attached hydrogens (primary N) is 2. The molecule has 1 aromatic carbocycles. The topological polar surface area (TPSA) is 130 Å². The van der Waals surface area contributed by atoms with Gasteiger partial charge in [0.1, 0.15) is 18.1 Å². The average molecular weight is 373 g/mol. The Bertz CT molecular complexity index is 799. The predicted molar refractivity (Wildman–Crippen MR) is 105 cm³/mol. The Morgan fingerprint density at radius 1 is 1.19 bits per heavy atom. The molecule has 0 radical (unpaired) electrons. The molecule has 0 saturated carbocycles. The van der Waals surface area contributed by atoms with Gasteiger partial charge in [-0.05, 0) is 24.6 Å². The van der Waals surface area contributed by atoms with Crippen LogP contribution in [0.4, 0.5) is 11.5 Å². The molecule has 0 aliphatic carbocycles. The Hall–Kier alpha value is -2.13. The van der Waals surface area contributed by atoms with E-state index in [1.165, 1.54) is 11.9 Å². The first-order chi connectivity index (χ1) is 12.4. The van der Waals surface area contributed by atoms with Gasteiger partial charge in [0, 0.05) is 16.7 Å². The van der Waals surface area contributed by atoms with Crippen molar-refractivity contribution in [3.8, 4) is 0 Å². The Balaban J connectivity index is 1.69. The standard InChI is InChI=1S/C18H23N5O2S/c1-9-3-5-11(6-4-9)26-7-12-16(24)17(25)15(23-12)10(2)14-13(19)18(20)22-8-21-14/h3-6,8,12,15-17,23-25H,2,7,19H2,1H3,(H2,20,21,22). The summed E-state index contributed by atoms with van der Waals surface area (Å²) < 4.78 is 0. The Morgan fingerprint density at radius 3 is 2.58 bits per heavy atom. The highest BCUT2D eigenvalue weighted by Gasteiger charge is 2.42. The fourth-order valence-electron chi connectivity index (χ4n) is 2.95. The van der Waals surface area contributed by atoms with Crippen LogP contribution in [0.15, 0.2) is 42.1 Å². The largest absolute Gasteiger partial charge is 0.394 e. The summed E-state index contributed by atoms with van der Waals surface area (Å²) in [6, 6.07) is 7.31. The van der Waals surface area contributed by atoms with Crippen LogP contribution >= 0.6 is 11.8 Å². The molecule has 1 saturated heterocycles. The lowest BCUT2D eigenvalue weighted by molar-refractivity contribution is 0.0376. The van der Waals surface area contributed by atoms with Crippen LogP contribution in [-0.2, 0) is 0 Å². The molecule has 0 spiro atoms. The van der Waals surface area contributed by atoms with E-state index >= 15 is 0 Å². The van der Waals surface area contributed by atoms with Gasteiger partial charge in [0.05, 0.1) is 17.8 Å². The first-order valence-corrected chi connectivity index (χ1v) is 9.23. The van der Waals surface area contributed by atoms with Crippen LogP contribution in [0.5, 0.6) is 0 Å². The number of thioether (sulfide) groups is 1. The molecule has 1 aromatic heterocycles. The summed E-state index contributed by atoms with van der Waals surface area (Å²) in [7, 11) is 0. The maximum absolute atomic E-state index is 10.5. The van der Waals surface area contributed by atoms with Crippen LogP contribution in [0.25, 0.3) is 5.57 Å². The summed E-state index contributed by atoms with van der Waals surface area (Å²) in [6.45, 7) is 6.03. The number of anilines is 2. The van der Waals surface area contributed by atoms with Gasteiger partial charge in [0.25, 0.3) is 0 Å². The fraction of sp³-hybridized carbons (Fsp3) is 0.333. The third kappa shape index (κ3) is 3.68. The third-order valence-electron chi connectivity index (χ3n) is 4.54. The molecule has 3 rings (SSSR count). The van der Waals surface area contributed by atoms with Gasteiger partial charge in [-0.2, -0.15) is 0 Å². The number of nitrogens with zero attached hydrogens (tertiary/aromatic N) is 2. The molecular weight excluding hydrogens is 350 g/mol. The van der Waals surface area contributed by atoms with E-state index in [-0.39, 0.29) is 17.5 Å². The molecular formula is C18H23N5O2S. The van der Waals surface area contributed by atoms with E-state index in [0.29, 0.717) is 17.0 Å². The third-order valence-corrected chi connectivity index (χ3v) is 5.67. The summed E-state index contributed by atoms with van der Waals surface area (Å²) in [6.07, 6.45) is -0.633. The molecule has 1 aliphatic heterocycles. The highest BCUT2D eigenvalue weighted by Crippen LogP contribution is 2.31. The highest BCUT2D eigenvalue weighted by molar-refractivity contribution is 7.99.